The van der Waals surface area contributed by atoms with Gasteiger partial charge in [-0.2, -0.15) is 18.4 Å². The van der Waals surface area contributed by atoms with Crippen molar-refractivity contribution in [3.8, 4) is 0 Å². The van der Waals surface area contributed by atoms with Crippen molar-refractivity contribution in [1.29, 1.82) is 0 Å². The smallest absolute Gasteiger partial charge is 0.276 e. The second-order valence-electron chi connectivity index (χ2n) is 3.62. The molecule has 0 radical (unpaired) electrons. The fraction of sp³-hybridized carbons (Fsp3) is 0.300. The summed E-state index contributed by atoms with van der Waals surface area (Å²) in [5, 5.41) is 3.60. The van der Waals surface area contributed by atoms with Crippen LogP contribution in [0.5, 0.6) is 0 Å². The van der Waals surface area contributed by atoms with Crippen LogP contribution >= 0.6 is 0 Å². The molecule has 1 aromatic rings. The SMILES string of the molecule is Cc1ccc(S(=O)(=O)N/N=C\N(C)C)cc1. The molecule has 0 saturated carbocycles. The van der Waals surface area contributed by atoms with Crippen molar-refractivity contribution in [3.63, 3.8) is 0 Å². The molecule has 88 valence electrons. The summed E-state index contributed by atoms with van der Waals surface area (Å²) < 4.78 is 23.4. The summed E-state index contributed by atoms with van der Waals surface area (Å²) in [4.78, 5) is 3.97. The van der Waals surface area contributed by atoms with Crippen LogP contribution in [0.15, 0.2) is 34.3 Å². The van der Waals surface area contributed by atoms with E-state index in [0.29, 0.717) is 0 Å². The molecule has 0 aromatic heterocycles. The van der Waals surface area contributed by atoms with Crippen molar-refractivity contribution in [2.24, 2.45) is 5.10 Å². The molecule has 1 aromatic carbocycles. The fourth-order valence-corrected chi connectivity index (χ4v) is 1.76. The van der Waals surface area contributed by atoms with E-state index in [9.17, 15) is 8.42 Å². The van der Waals surface area contributed by atoms with E-state index in [0.717, 1.165) is 5.56 Å². The minimum Gasteiger partial charge on any atom is -0.367 e. The number of benzene rings is 1. The second-order valence-corrected chi connectivity index (χ2v) is 5.28. The lowest BCUT2D eigenvalue weighted by molar-refractivity contribution is 0.581. The maximum Gasteiger partial charge on any atom is 0.276 e. The molecule has 16 heavy (non-hydrogen) atoms. The molecule has 0 saturated heterocycles. The van der Waals surface area contributed by atoms with E-state index in [-0.39, 0.29) is 4.90 Å². The first-order valence-corrected chi connectivity index (χ1v) is 6.18. The summed E-state index contributed by atoms with van der Waals surface area (Å²) in [7, 11) is -0.0400. The molecule has 0 aliphatic heterocycles. The van der Waals surface area contributed by atoms with E-state index in [1.165, 1.54) is 6.34 Å². The van der Waals surface area contributed by atoms with Gasteiger partial charge in [-0.05, 0) is 19.1 Å². The van der Waals surface area contributed by atoms with Crippen LogP contribution in [0, 0.1) is 6.92 Å². The normalized spacial score (nSPS) is 11.7. The molecule has 0 atom stereocenters. The quantitative estimate of drug-likeness (QED) is 0.481. The number of hydrogen-bond donors (Lipinski definition) is 1. The van der Waals surface area contributed by atoms with Crippen LogP contribution < -0.4 is 4.83 Å². The average molecular weight is 241 g/mol. The molecular formula is C10H15N3O2S. The maximum absolute atomic E-state index is 11.7. The third-order valence-corrected chi connectivity index (χ3v) is 3.03. The van der Waals surface area contributed by atoms with Gasteiger partial charge in [0.15, 0.2) is 0 Å². The summed E-state index contributed by atoms with van der Waals surface area (Å²) in [6.07, 6.45) is 1.38. The van der Waals surface area contributed by atoms with Gasteiger partial charge in [0.05, 0.1) is 4.90 Å². The molecule has 0 bridgehead atoms. The summed E-state index contributed by atoms with van der Waals surface area (Å²) in [6.45, 7) is 1.90. The van der Waals surface area contributed by atoms with Crippen molar-refractivity contribution in [1.82, 2.24) is 9.73 Å². The van der Waals surface area contributed by atoms with Crippen LogP contribution in [0.4, 0.5) is 0 Å². The molecule has 1 rings (SSSR count). The van der Waals surface area contributed by atoms with Crippen LogP contribution in [0.25, 0.3) is 0 Å². The van der Waals surface area contributed by atoms with E-state index in [2.05, 4.69) is 9.93 Å². The lowest BCUT2D eigenvalue weighted by atomic mass is 10.2. The van der Waals surface area contributed by atoms with E-state index in [1.807, 2.05) is 6.92 Å². The van der Waals surface area contributed by atoms with Crippen LogP contribution in [-0.4, -0.2) is 33.8 Å². The number of rotatable bonds is 4. The van der Waals surface area contributed by atoms with Gasteiger partial charge in [-0.15, -0.1) is 0 Å². The Morgan fingerprint density at radius 3 is 2.31 bits per heavy atom. The van der Waals surface area contributed by atoms with Crippen molar-refractivity contribution in [3.05, 3.63) is 29.8 Å². The van der Waals surface area contributed by atoms with Gasteiger partial charge in [0.2, 0.25) is 0 Å². The van der Waals surface area contributed by atoms with E-state index in [4.69, 9.17) is 0 Å². The number of hydrazone groups is 1. The minimum atomic E-state index is -3.55. The minimum absolute atomic E-state index is 0.203. The summed E-state index contributed by atoms with van der Waals surface area (Å²) >= 11 is 0. The summed E-state index contributed by atoms with van der Waals surface area (Å²) in [5.74, 6) is 0. The molecule has 6 heteroatoms. The molecule has 0 unspecified atom stereocenters. The van der Waals surface area contributed by atoms with Crippen LogP contribution in [0.3, 0.4) is 0 Å². The number of nitrogens with zero attached hydrogens (tertiary/aromatic N) is 2. The van der Waals surface area contributed by atoms with Crippen LogP contribution in [0.2, 0.25) is 0 Å². The maximum atomic E-state index is 11.7. The molecule has 0 fully saturated rings. The Morgan fingerprint density at radius 2 is 1.81 bits per heavy atom. The Morgan fingerprint density at radius 1 is 1.25 bits per heavy atom. The third kappa shape index (κ3) is 3.54. The highest BCUT2D eigenvalue weighted by molar-refractivity contribution is 7.89. The number of aryl methyl sites for hydroxylation is 1. The molecule has 0 aliphatic carbocycles. The highest BCUT2D eigenvalue weighted by atomic mass is 32.2. The highest BCUT2D eigenvalue weighted by Gasteiger charge is 2.11. The number of sulfonamides is 1. The fourth-order valence-electron chi connectivity index (χ4n) is 0.979. The molecule has 0 heterocycles. The van der Waals surface area contributed by atoms with Crippen LogP contribution in [-0.2, 0) is 10.0 Å². The van der Waals surface area contributed by atoms with Crippen molar-refractivity contribution in [2.75, 3.05) is 14.1 Å². The van der Waals surface area contributed by atoms with E-state index in [1.54, 1.807) is 43.3 Å². The zero-order chi connectivity index (χ0) is 12.2. The van der Waals surface area contributed by atoms with Crippen molar-refractivity contribution < 1.29 is 8.42 Å². The topological polar surface area (TPSA) is 61.8 Å². The van der Waals surface area contributed by atoms with E-state index >= 15 is 0 Å². The summed E-state index contributed by atoms with van der Waals surface area (Å²) in [6, 6.07) is 6.57. The molecule has 0 amide bonds. The number of hydrogen-bond acceptors (Lipinski definition) is 3. The first kappa shape index (κ1) is 12.5. The molecule has 1 N–H and O–H groups in total. The first-order valence-electron chi connectivity index (χ1n) is 4.70. The zero-order valence-electron chi connectivity index (χ0n) is 9.51. The van der Waals surface area contributed by atoms with Gasteiger partial charge in [-0.1, -0.05) is 17.7 Å². The van der Waals surface area contributed by atoms with Crippen molar-refractivity contribution >= 4 is 16.4 Å². The Hall–Kier alpha value is -1.56. The van der Waals surface area contributed by atoms with Gasteiger partial charge in [-0.3, -0.25) is 0 Å². The van der Waals surface area contributed by atoms with Gasteiger partial charge in [0, 0.05) is 14.1 Å². The average Bonchev–Trinajstić information content (AvgIpc) is 2.17. The highest BCUT2D eigenvalue weighted by Crippen LogP contribution is 2.09. The monoisotopic (exact) mass is 241 g/mol. The molecular weight excluding hydrogens is 226 g/mol. The van der Waals surface area contributed by atoms with Gasteiger partial charge >= 0.3 is 0 Å². The lowest BCUT2D eigenvalue weighted by Gasteiger charge is -2.05. The predicted octanol–water partition coefficient (Wildman–Crippen LogP) is 0.778. The Bertz CT molecular complexity index is 463. The standard InChI is InChI=1S/C10H15N3O2S/c1-9-4-6-10(7-5-9)16(14,15)12-11-8-13(2)3/h4-8,12H,1-3H3/b11-8-. The molecule has 0 aliphatic rings. The van der Waals surface area contributed by atoms with Gasteiger partial charge in [0.1, 0.15) is 6.34 Å². The Balaban J connectivity index is 2.82. The number of nitrogens with one attached hydrogen (secondary N) is 1. The predicted molar refractivity (Wildman–Crippen MR) is 63.7 cm³/mol. The van der Waals surface area contributed by atoms with Gasteiger partial charge in [-0.25, -0.2) is 0 Å². The Kier molecular flexibility index (Phi) is 3.89. The van der Waals surface area contributed by atoms with E-state index < -0.39 is 10.0 Å². The van der Waals surface area contributed by atoms with Gasteiger partial charge in [0.25, 0.3) is 10.0 Å². The lowest BCUT2D eigenvalue weighted by Crippen LogP contribution is -2.20. The third-order valence-electron chi connectivity index (χ3n) is 1.79. The summed E-state index contributed by atoms with van der Waals surface area (Å²) in [5.41, 5.74) is 1.01. The first-order chi connectivity index (χ1) is 7.42. The van der Waals surface area contributed by atoms with Gasteiger partial charge < -0.3 is 4.90 Å². The second kappa shape index (κ2) is 4.98. The van der Waals surface area contributed by atoms with Crippen LogP contribution in [0.1, 0.15) is 5.56 Å². The van der Waals surface area contributed by atoms with Crippen molar-refractivity contribution in [2.45, 2.75) is 11.8 Å². The molecule has 0 spiro atoms. The molecule has 5 nitrogen and oxygen atoms in total. The Labute approximate surface area is 95.8 Å². The zero-order valence-corrected chi connectivity index (χ0v) is 10.3. The largest absolute Gasteiger partial charge is 0.367 e.